The molecule has 0 aliphatic carbocycles. The highest BCUT2D eigenvalue weighted by Crippen LogP contribution is 2.28. The second-order valence-electron chi connectivity index (χ2n) is 3.04. The average Bonchev–Trinajstić information content (AvgIpc) is 2.24. The molecule has 0 saturated heterocycles. The van der Waals surface area contributed by atoms with Crippen molar-refractivity contribution in [1.82, 2.24) is 5.32 Å². The fraction of sp³-hybridized carbons (Fsp3) is 0.273. The molecule has 1 aromatic carbocycles. The first-order valence-electron chi connectivity index (χ1n) is 4.61. The van der Waals surface area contributed by atoms with Crippen LogP contribution in [0.15, 0.2) is 29.3 Å². The molecule has 0 bridgehead atoms. The summed E-state index contributed by atoms with van der Waals surface area (Å²) >= 11 is 3.04. The second kappa shape index (κ2) is 5.37. The fourth-order valence-electron chi connectivity index (χ4n) is 1.32. The van der Waals surface area contributed by atoms with E-state index in [2.05, 4.69) is 27.8 Å². The molecule has 0 aromatic heterocycles. The molecule has 0 aliphatic heterocycles. The zero-order chi connectivity index (χ0) is 11.4. The zero-order valence-electron chi connectivity index (χ0n) is 8.36. The molecular weight excluding hydrogens is 264 g/mol. The molecule has 0 amide bonds. The molecule has 0 heterocycles. The Morgan fingerprint density at radius 3 is 2.73 bits per heavy atom. The van der Waals surface area contributed by atoms with E-state index >= 15 is 0 Å². The first-order valence-corrected chi connectivity index (χ1v) is 5.40. The molecule has 1 aromatic rings. The van der Waals surface area contributed by atoms with Crippen molar-refractivity contribution in [1.29, 1.82) is 0 Å². The smallest absolute Gasteiger partial charge is 0.173 e. The molecular formula is C11H12BrF2N. The van der Waals surface area contributed by atoms with Crippen LogP contribution in [0.2, 0.25) is 0 Å². The number of halogens is 3. The van der Waals surface area contributed by atoms with Crippen molar-refractivity contribution in [3.05, 3.63) is 46.5 Å². The predicted molar refractivity (Wildman–Crippen MR) is 60.7 cm³/mol. The minimum atomic E-state index is -0.864. The fourth-order valence-corrected chi connectivity index (χ4v) is 1.89. The molecule has 4 heteroatoms. The van der Waals surface area contributed by atoms with Crippen LogP contribution in [0, 0.1) is 11.6 Å². The molecule has 1 unspecified atom stereocenters. The first-order chi connectivity index (χ1) is 7.11. The Hall–Kier alpha value is -0.740. The normalized spacial score (nSPS) is 12.5. The quantitative estimate of drug-likeness (QED) is 0.655. The number of rotatable bonds is 4. The highest BCUT2D eigenvalue weighted by molar-refractivity contribution is 9.10. The maximum absolute atomic E-state index is 13.2. The Labute approximate surface area is 96.3 Å². The van der Waals surface area contributed by atoms with Crippen molar-refractivity contribution in [3.8, 4) is 0 Å². The summed E-state index contributed by atoms with van der Waals surface area (Å²) in [5.41, 5.74) is 0.644. The predicted octanol–water partition coefficient (Wildman–Crippen LogP) is 3.56. The molecule has 1 N–H and O–H groups in total. The van der Waals surface area contributed by atoms with E-state index in [1.54, 1.807) is 6.08 Å². The lowest BCUT2D eigenvalue weighted by molar-refractivity contribution is 0.499. The molecule has 0 saturated carbocycles. The van der Waals surface area contributed by atoms with Crippen molar-refractivity contribution in [3.63, 3.8) is 0 Å². The molecule has 1 rings (SSSR count). The molecule has 0 fully saturated rings. The highest BCUT2D eigenvalue weighted by atomic mass is 79.9. The third kappa shape index (κ3) is 2.63. The first kappa shape index (κ1) is 12.3. The zero-order valence-corrected chi connectivity index (χ0v) is 9.94. The molecule has 0 spiro atoms. The summed E-state index contributed by atoms with van der Waals surface area (Å²) in [6.07, 6.45) is 1.65. The lowest BCUT2D eigenvalue weighted by Crippen LogP contribution is -2.19. The SMILES string of the molecule is C=CC(NCC)c1ccc(F)c(F)c1Br. The van der Waals surface area contributed by atoms with Gasteiger partial charge in [-0.1, -0.05) is 19.1 Å². The van der Waals surface area contributed by atoms with Gasteiger partial charge in [0.2, 0.25) is 0 Å². The van der Waals surface area contributed by atoms with Gasteiger partial charge in [-0.3, -0.25) is 0 Å². The molecule has 15 heavy (non-hydrogen) atoms. The number of benzene rings is 1. The standard InChI is InChI=1S/C11H12BrF2N/c1-3-9(15-4-2)7-5-6-8(13)11(14)10(7)12/h3,5-6,9,15H,1,4H2,2H3. The van der Waals surface area contributed by atoms with Gasteiger partial charge in [0, 0.05) is 0 Å². The van der Waals surface area contributed by atoms with Crippen LogP contribution in [0.3, 0.4) is 0 Å². The van der Waals surface area contributed by atoms with E-state index in [0.717, 1.165) is 12.6 Å². The van der Waals surface area contributed by atoms with Crippen LogP contribution in [-0.2, 0) is 0 Å². The van der Waals surface area contributed by atoms with Gasteiger partial charge in [0.25, 0.3) is 0 Å². The topological polar surface area (TPSA) is 12.0 Å². The minimum Gasteiger partial charge on any atom is -0.307 e. The summed E-state index contributed by atoms with van der Waals surface area (Å²) < 4.78 is 26.3. The largest absolute Gasteiger partial charge is 0.307 e. The Balaban J connectivity index is 3.13. The minimum absolute atomic E-state index is 0.147. The van der Waals surface area contributed by atoms with Gasteiger partial charge in [-0.2, -0.15) is 0 Å². The van der Waals surface area contributed by atoms with Gasteiger partial charge in [-0.05, 0) is 34.1 Å². The Morgan fingerprint density at radius 1 is 1.53 bits per heavy atom. The maximum Gasteiger partial charge on any atom is 0.173 e. The van der Waals surface area contributed by atoms with E-state index in [-0.39, 0.29) is 10.5 Å². The second-order valence-corrected chi connectivity index (χ2v) is 3.83. The molecule has 1 nitrogen and oxygen atoms in total. The van der Waals surface area contributed by atoms with Crippen molar-refractivity contribution in [2.24, 2.45) is 0 Å². The lowest BCUT2D eigenvalue weighted by Gasteiger charge is -2.15. The number of nitrogens with one attached hydrogen (secondary N) is 1. The number of likely N-dealkylation sites (N-methyl/N-ethyl adjacent to an activating group) is 1. The molecule has 0 radical (unpaired) electrons. The van der Waals surface area contributed by atoms with Gasteiger partial charge in [-0.25, -0.2) is 8.78 Å². The van der Waals surface area contributed by atoms with E-state index in [1.165, 1.54) is 6.07 Å². The number of hydrogen-bond donors (Lipinski definition) is 1. The summed E-state index contributed by atoms with van der Waals surface area (Å²) in [7, 11) is 0. The van der Waals surface area contributed by atoms with Crippen LogP contribution < -0.4 is 5.32 Å². The van der Waals surface area contributed by atoms with Gasteiger partial charge >= 0.3 is 0 Å². The van der Waals surface area contributed by atoms with E-state index in [4.69, 9.17) is 0 Å². The number of hydrogen-bond acceptors (Lipinski definition) is 1. The third-order valence-electron chi connectivity index (χ3n) is 2.06. The van der Waals surface area contributed by atoms with Crippen LogP contribution in [0.25, 0.3) is 0 Å². The molecule has 82 valence electrons. The lowest BCUT2D eigenvalue weighted by atomic mass is 10.1. The Morgan fingerprint density at radius 2 is 2.20 bits per heavy atom. The van der Waals surface area contributed by atoms with Crippen LogP contribution in [0.5, 0.6) is 0 Å². The Kier molecular flexibility index (Phi) is 4.42. The van der Waals surface area contributed by atoms with Crippen molar-refractivity contribution < 1.29 is 8.78 Å². The highest BCUT2D eigenvalue weighted by Gasteiger charge is 2.15. The molecule has 1 atom stereocenters. The third-order valence-corrected chi connectivity index (χ3v) is 2.87. The van der Waals surface area contributed by atoms with Gasteiger partial charge in [0.15, 0.2) is 11.6 Å². The summed E-state index contributed by atoms with van der Waals surface area (Å²) in [5.74, 6) is -1.72. The van der Waals surface area contributed by atoms with Crippen LogP contribution in [0.1, 0.15) is 18.5 Å². The van der Waals surface area contributed by atoms with Crippen LogP contribution in [0.4, 0.5) is 8.78 Å². The van der Waals surface area contributed by atoms with Crippen molar-refractivity contribution in [2.45, 2.75) is 13.0 Å². The van der Waals surface area contributed by atoms with Gasteiger partial charge in [0.1, 0.15) is 0 Å². The monoisotopic (exact) mass is 275 g/mol. The summed E-state index contributed by atoms with van der Waals surface area (Å²) in [4.78, 5) is 0. The van der Waals surface area contributed by atoms with Crippen LogP contribution >= 0.6 is 15.9 Å². The van der Waals surface area contributed by atoms with Gasteiger partial charge in [-0.15, -0.1) is 6.58 Å². The van der Waals surface area contributed by atoms with Crippen molar-refractivity contribution >= 4 is 15.9 Å². The van der Waals surface area contributed by atoms with Crippen molar-refractivity contribution in [2.75, 3.05) is 6.54 Å². The van der Waals surface area contributed by atoms with Gasteiger partial charge < -0.3 is 5.32 Å². The maximum atomic E-state index is 13.2. The van der Waals surface area contributed by atoms with Crippen LogP contribution in [-0.4, -0.2) is 6.54 Å². The van der Waals surface area contributed by atoms with Gasteiger partial charge in [0.05, 0.1) is 10.5 Å². The summed E-state index contributed by atoms with van der Waals surface area (Å²) in [6, 6.07) is 2.47. The van der Waals surface area contributed by atoms with E-state index < -0.39 is 11.6 Å². The summed E-state index contributed by atoms with van der Waals surface area (Å²) in [5, 5.41) is 3.10. The van der Waals surface area contributed by atoms with E-state index in [9.17, 15) is 8.78 Å². The summed E-state index contributed by atoms with van der Waals surface area (Å²) in [6.45, 7) is 6.31. The Bertz CT molecular complexity index is 366. The molecule has 0 aliphatic rings. The average molecular weight is 276 g/mol. The van der Waals surface area contributed by atoms with E-state index in [1.807, 2.05) is 6.92 Å². The van der Waals surface area contributed by atoms with E-state index in [0.29, 0.717) is 5.56 Å².